The second-order valence-electron chi connectivity index (χ2n) is 6.96. The lowest BCUT2D eigenvalue weighted by Gasteiger charge is -2.32. The molecule has 0 unspecified atom stereocenters. The maximum Gasteiger partial charge on any atom is 0.336 e. The van der Waals surface area contributed by atoms with Crippen LogP contribution in [0.1, 0.15) is 23.5 Å². The molecule has 0 aromatic heterocycles. The minimum atomic E-state index is -0.453. The van der Waals surface area contributed by atoms with Crippen molar-refractivity contribution < 1.29 is 23.8 Å². The third-order valence-electron chi connectivity index (χ3n) is 5.35. The van der Waals surface area contributed by atoms with E-state index in [-0.39, 0.29) is 18.9 Å². The van der Waals surface area contributed by atoms with Gasteiger partial charge in [-0.2, -0.15) is 0 Å². The first kappa shape index (κ1) is 19.3. The van der Waals surface area contributed by atoms with E-state index in [1.807, 2.05) is 25.1 Å². The number of amides is 1. The molecule has 4 rings (SSSR count). The van der Waals surface area contributed by atoms with Crippen LogP contribution in [0.5, 0.6) is 11.5 Å². The number of carbonyl (C=O) groups is 2. The van der Waals surface area contributed by atoms with Crippen molar-refractivity contribution in [1.82, 2.24) is 0 Å². The molecule has 0 saturated carbocycles. The summed E-state index contributed by atoms with van der Waals surface area (Å²) in [6.45, 7) is 1.93. The third kappa shape index (κ3) is 3.23. The highest BCUT2D eigenvalue weighted by Gasteiger charge is 2.43. The summed E-state index contributed by atoms with van der Waals surface area (Å²) in [7, 11) is 3.12. The molecule has 0 aliphatic carbocycles. The van der Waals surface area contributed by atoms with Gasteiger partial charge in [-0.15, -0.1) is 0 Å². The van der Waals surface area contributed by atoms with Crippen molar-refractivity contribution in [2.24, 2.45) is 0 Å². The van der Waals surface area contributed by atoms with Gasteiger partial charge in [-0.1, -0.05) is 23.7 Å². The van der Waals surface area contributed by atoms with E-state index >= 15 is 0 Å². The summed E-state index contributed by atoms with van der Waals surface area (Å²) in [5, 5.41) is 0.557. The summed E-state index contributed by atoms with van der Waals surface area (Å²) in [5.74, 6) is 0.182. The van der Waals surface area contributed by atoms with E-state index in [1.165, 1.54) is 4.90 Å². The standard InChI is InChI=1S/C22H20ClNO5/c1-12-4-5-13(8-17(12)23)24-18-11-29-22(26)21(18)16(10-20(24)25)15-7-6-14(27-2)9-19(15)28-3/h4-9,16H,10-11H2,1-3H3/t16-/m1/s1. The van der Waals surface area contributed by atoms with Crippen molar-refractivity contribution in [3.63, 3.8) is 0 Å². The first-order chi connectivity index (χ1) is 13.9. The highest BCUT2D eigenvalue weighted by atomic mass is 35.5. The monoisotopic (exact) mass is 413 g/mol. The number of cyclic esters (lactones) is 1. The highest BCUT2D eigenvalue weighted by molar-refractivity contribution is 6.31. The van der Waals surface area contributed by atoms with Gasteiger partial charge >= 0.3 is 5.97 Å². The molecule has 0 N–H and O–H groups in total. The molecular weight excluding hydrogens is 394 g/mol. The summed E-state index contributed by atoms with van der Waals surface area (Å²) in [4.78, 5) is 27.3. The van der Waals surface area contributed by atoms with Gasteiger partial charge in [-0.05, 0) is 30.7 Å². The van der Waals surface area contributed by atoms with Crippen LogP contribution in [0.3, 0.4) is 0 Å². The number of aryl methyl sites for hydroxylation is 1. The molecule has 6 nitrogen and oxygen atoms in total. The fourth-order valence-corrected chi connectivity index (χ4v) is 4.02. The number of ether oxygens (including phenoxy) is 3. The SMILES string of the molecule is COc1ccc([C@H]2CC(=O)N(c3ccc(C)c(Cl)c3)C3=C2C(=O)OC3)c(OC)c1. The van der Waals surface area contributed by atoms with Crippen molar-refractivity contribution in [1.29, 1.82) is 0 Å². The topological polar surface area (TPSA) is 65.1 Å². The number of carbonyl (C=O) groups excluding carboxylic acids is 2. The average Bonchev–Trinajstić information content (AvgIpc) is 3.10. The number of anilines is 1. The summed E-state index contributed by atoms with van der Waals surface area (Å²) in [6, 6.07) is 10.8. The average molecular weight is 414 g/mol. The molecule has 2 aliphatic rings. The van der Waals surface area contributed by atoms with E-state index in [1.54, 1.807) is 32.4 Å². The summed E-state index contributed by atoms with van der Waals surface area (Å²) in [6.07, 6.45) is 0.113. The Bertz CT molecular complexity index is 1050. The van der Waals surface area contributed by atoms with E-state index in [0.717, 1.165) is 11.1 Å². The number of hydrogen-bond donors (Lipinski definition) is 0. The number of benzene rings is 2. The molecule has 0 fully saturated rings. The molecule has 7 heteroatoms. The Labute approximate surface area is 173 Å². The molecule has 1 atom stereocenters. The van der Waals surface area contributed by atoms with Gasteiger partial charge in [-0.25, -0.2) is 4.79 Å². The largest absolute Gasteiger partial charge is 0.497 e. The minimum Gasteiger partial charge on any atom is -0.497 e. The normalized spacial score (nSPS) is 18.6. The lowest BCUT2D eigenvalue weighted by atomic mass is 9.83. The molecule has 2 heterocycles. The van der Waals surface area contributed by atoms with Gasteiger partial charge in [-0.3, -0.25) is 9.69 Å². The van der Waals surface area contributed by atoms with Gasteiger partial charge in [0, 0.05) is 29.0 Å². The van der Waals surface area contributed by atoms with Crippen LogP contribution in [0.15, 0.2) is 47.7 Å². The fourth-order valence-electron chi connectivity index (χ4n) is 3.85. The van der Waals surface area contributed by atoms with Crippen LogP contribution in [0.4, 0.5) is 5.69 Å². The predicted molar refractivity (Wildman–Crippen MR) is 109 cm³/mol. The molecule has 0 saturated heterocycles. The van der Waals surface area contributed by atoms with Gasteiger partial charge in [0.2, 0.25) is 5.91 Å². The molecule has 2 aromatic rings. The molecule has 150 valence electrons. The molecule has 2 aliphatic heterocycles. The van der Waals surface area contributed by atoms with Gasteiger partial charge in [0.1, 0.15) is 18.1 Å². The van der Waals surface area contributed by atoms with Crippen LogP contribution in [-0.2, 0) is 14.3 Å². The Morgan fingerprint density at radius 2 is 1.90 bits per heavy atom. The quantitative estimate of drug-likeness (QED) is 0.709. The van der Waals surface area contributed by atoms with Gasteiger partial charge < -0.3 is 14.2 Å². The fraction of sp³-hybridized carbons (Fsp3) is 0.273. The molecule has 2 aromatic carbocycles. The van der Waals surface area contributed by atoms with Crippen molar-refractivity contribution in [2.45, 2.75) is 19.3 Å². The number of methoxy groups -OCH3 is 2. The number of nitrogens with zero attached hydrogens (tertiary/aromatic N) is 1. The molecule has 1 amide bonds. The van der Waals surface area contributed by atoms with Crippen LogP contribution < -0.4 is 14.4 Å². The third-order valence-corrected chi connectivity index (χ3v) is 5.75. The lowest BCUT2D eigenvalue weighted by molar-refractivity contribution is -0.136. The molecule has 0 radical (unpaired) electrons. The van der Waals surface area contributed by atoms with E-state index in [9.17, 15) is 9.59 Å². The van der Waals surface area contributed by atoms with Crippen molar-refractivity contribution in [3.05, 3.63) is 63.8 Å². The Morgan fingerprint density at radius 1 is 1.10 bits per heavy atom. The Kier molecular flexibility index (Phi) is 4.96. The van der Waals surface area contributed by atoms with Crippen LogP contribution in [0.25, 0.3) is 0 Å². The number of rotatable bonds is 4. The smallest absolute Gasteiger partial charge is 0.336 e. The van der Waals surface area contributed by atoms with Crippen LogP contribution in [0.2, 0.25) is 5.02 Å². The Balaban J connectivity index is 1.84. The van der Waals surface area contributed by atoms with Gasteiger partial charge in [0.05, 0.1) is 31.2 Å². The van der Waals surface area contributed by atoms with E-state index in [0.29, 0.717) is 33.5 Å². The maximum absolute atomic E-state index is 13.2. The van der Waals surface area contributed by atoms with Gasteiger partial charge in [0.25, 0.3) is 0 Å². The van der Waals surface area contributed by atoms with Crippen LogP contribution in [-0.4, -0.2) is 32.7 Å². The summed E-state index contributed by atoms with van der Waals surface area (Å²) in [5.41, 5.74) is 3.30. The first-order valence-electron chi connectivity index (χ1n) is 9.15. The van der Waals surface area contributed by atoms with Crippen molar-refractivity contribution in [2.75, 3.05) is 25.7 Å². The Hall–Kier alpha value is -2.99. The maximum atomic E-state index is 13.2. The molecular formula is C22H20ClNO5. The number of hydrogen-bond acceptors (Lipinski definition) is 5. The second kappa shape index (κ2) is 7.44. The molecule has 0 spiro atoms. The van der Waals surface area contributed by atoms with Crippen molar-refractivity contribution in [3.8, 4) is 11.5 Å². The summed E-state index contributed by atoms with van der Waals surface area (Å²) < 4.78 is 16.1. The molecule has 0 bridgehead atoms. The minimum absolute atomic E-state index is 0.0420. The zero-order valence-corrected chi connectivity index (χ0v) is 17.1. The van der Waals surface area contributed by atoms with E-state index in [4.69, 9.17) is 25.8 Å². The highest BCUT2D eigenvalue weighted by Crippen LogP contribution is 2.45. The second-order valence-corrected chi connectivity index (χ2v) is 7.37. The zero-order chi connectivity index (χ0) is 20.7. The van der Waals surface area contributed by atoms with E-state index < -0.39 is 11.9 Å². The van der Waals surface area contributed by atoms with Crippen LogP contribution in [0, 0.1) is 6.92 Å². The number of esters is 1. The summed E-state index contributed by atoms with van der Waals surface area (Å²) >= 11 is 6.26. The predicted octanol–water partition coefficient (Wildman–Crippen LogP) is 4.00. The van der Waals surface area contributed by atoms with Crippen LogP contribution >= 0.6 is 11.6 Å². The zero-order valence-electron chi connectivity index (χ0n) is 16.3. The Morgan fingerprint density at radius 3 is 2.59 bits per heavy atom. The first-order valence-corrected chi connectivity index (χ1v) is 9.53. The molecule has 29 heavy (non-hydrogen) atoms. The van der Waals surface area contributed by atoms with E-state index in [2.05, 4.69) is 0 Å². The number of halogens is 1. The lowest BCUT2D eigenvalue weighted by Crippen LogP contribution is -2.37. The van der Waals surface area contributed by atoms with Gasteiger partial charge in [0.15, 0.2) is 0 Å². The van der Waals surface area contributed by atoms with Crippen molar-refractivity contribution >= 4 is 29.2 Å².